The molecule has 4 aromatic rings. The number of hydrogen-bond donors (Lipinski definition) is 1. The Labute approximate surface area is 149 Å². The van der Waals surface area contributed by atoms with Crippen molar-refractivity contribution in [2.24, 2.45) is 0 Å². The number of pyridine rings is 1. The number of nitrogens with zero attached hydrogens (tertiary/aromatic N) is 6. The van der Waals surface area contributed by atoms with Gasteiger partial charge >= 0.3 is 0 Å². The maximum absolute atomic E-state index is 12.7. The molecule has 3 heterocycles. The van der Waals surface area contributed by atoms with Crippen molar-refractivity contribution in [3.63, 3.8) is 0 Å². The highest BCUT2D eigenvalue weighted by Gasteiger charge is 2.14. The Morgan fingerprint density at radius 3 is 2.85 bits per heavy atom. The Morgan fingerprint density at radius 1 is 1.19 bits per heavy atom. The number of imidazole rings is 1. The highest BCUT2D eigenvalue weighted by Crippen LogP contribution is 2.20. The number of aromatic nitrogens is 6. The lowest BCUT2D eigenvalue weighted by atomic mass is 10.2. The molecule has 3 aromatic heterocycles. The highest BCUT2D eigenvalue weighted by molar-refractivity contribution is 6.06. The number of anilines is 1. The molecule has 0 spiro atoms. The molecule has 0 unspecified atom stereocenters. The summed E-state index contributed by atoms with van der Waals surface area (Å²) in [7, 11) is 0. The quantitative estimate of drug-likeness (QED) is 0.613. The lowest BCUT2D eigenvalue weighted by Gasteiger charge is -2.11. The Bertz CT molecular complexity index is 1100. The zero-order chi connectivity index (χ0) is 18.1. The molecular formula is C18H17N7O. The average Bonchev–Trinajstić information content (AvgIpc) is 3.27. The Hall–Kier alpha value is -3.55. The Balaban J connectivity index is 1.66. The summed E-state index contributed by atoms with van der Waals surface area (Å²) >= 11 is 0. The number of carbonyl (C=O) groups is 1. The summed E-state index contributed by atoms with van der Waals surface area (Å²) in [6.45, 7) is 4.60. The zero-order valence-electron chi connectivity index (χ0n) is 14.4. The van der Waals surface area contributed by atoms with Gasteiger partial charge in [-0.15, -0.1) is 5.10 Å². The van der Waals surface area contributed by atoms with Gasteiger partial charge in [-0.2, -0.15) is 0 Å². The van der Waals surface area contributed by atoms with E-state index >= 15 is 0 Å². The van der Waals surface area contributed by atoms with Crippen molar-refractivity contribution in [2.75, 3.05) is 5.32 Å². The molecule has 0 bridgehead atoms. The number of rotatable bonds is 4. The molecule has 0 fully saturated rings. The summed E-state index contributed by atoms with van der Waals surface area (Å²) in [5, 5.41) is 11.1. The minimum absolute atomic E-state index is 0.232. The molecule has 0 aliphatic heterocycles. The number of nitrogens with one attached hydrogen (secondary N) is 1. The summed E-state index contributed by atoms with van der Waals surface area (Å²) in [5.41, 5.74) is 2.71. The first-order valence-corrected chi connectivity index (χ1v) is 8.27. The molecule has 1 amide bonds. The monoisotopic (exact) mass is 347 g/mol. The lowest BCUT2D eigenvalue weighted by molar-refractivity contribution is 0.102. The van der Waals surface area contributed by atoms with Crippen molar-refractivity contribution in [1.82, 2.24) is 29.5 Å². The van der Waals surface area contributed by atoms with E-state index in [2.05, 4.69) is 25.6 Å². The van der Waals surface area contributed by atoms with E-state index in [0.717, 1.165) is 17.9 Å². The van der Waals surface area contributed by atoms with E-state index in [1.807, 2.05) is 36.7 Å². The van der Waals surface area contributed by atoms with Crippen LogP contribution in [0.1, 0.15) is 23.1 Å². The van der Waals surface area contributed by atoms with Crippen LogP contribution in [0.5, 0.6) is 0 Å². The van der Waals surface area contributed by atoms with Crippen molar-refractivity contribution in [1.29, 1.82) is 0 Å². The molecule has 8 nitrogen and oxygen atoms in total. The van der Waals surface area contributed by atoms with Gasteiger partial charge in [0.15, 0.2) is 5.82 Å². The number of carbonyl (C=O) groups excluding carboxylic acids is 1. The molecule has 130 valence electrons. The van der Waals surface area contributed by atoms with Crippen LogP contribution in [0.15, 0.2) is 48.9 Å². The van der Waals surface area contributed by atoms with E-state index in [9.17, 15) is 4.79 Å². The van der Waals surface area contributed by atoms with Crippen LogP contribution in [0.4, 0.5) is 5.69 Å². The largest absolute Gasteiger partial charge is 0.319 e. The summed E-state index contributed by atoms with van der Waals surface area (Å²) in [5.74, 6) is 1.18. The van der Waals surface area contributed by atoms with E-state index in [-0.39, 0.29) is 5.91 Å². The molecule has 26 heavy (non-hydrogen) atoms. The van der Waals surface area contributed by atoms with Gasteiger partial charge < -0.3 is 5.32 Å². The molecule has 0 aliphatic rings. The SMILES string of the molecule is CCn1nnc2cc(C(=O)Nc3cccnc3-n3ccnc3C)ccc21. The predicted octanol–water partition coefficient (Wildman–Crippen LogP) is 2.59. The molecule has 0 aliphatic carbocycles. The lowest BCUT2D eigenvalue weighted by Crippen LogP contribution is -2.14. The number of hydrogen-bond acceptors (Lipinski definition) is 5. The first kappa shape index (κ1) is 15.9. The third kappa shape index (κ3) is 2.71. The van der Waals surface area contributed by atoms with Gasteiger partial charge in [0, 0.05) is 30.7 Å². The second kappa shape index (κ2) is 6.40. The van der Waals surface area contributed by atoms with E-state index in [4.69, 9.17) is 0 Å². The summed E-state index contributed by atoms with van der Waals surface area (Å²) < 4.78 is 3.61. The number of amides is 1. The molecular weight excluding hydrogens is 330 g/mol. The van der Waals surface area contributed by atoms with Gasteiger partial charge in [-0.1, -0.05) is 5.21 Å². The molecule has 0 atom stereocenters. The van der Waals surface area contributed by atoms with Crippen molar-refractivity contribution < 1.29 is 4.79 Å². The Kier molecular flexibility index (Phi) is 3.92. The van der Waals surface area contributed by atoms with E-state index in [1.54, 1.807) is 35.3 Å². The normalized spacial score (nSPS) is 11.0. The molecule has 4 rings (SSSR count). The van der Waals surface area contributed by atoms with Crippen LogP contribution < -0.4 is 5.32 Å². The van der Waals surface area contributed by atoms with Gasteiger partial charge in [-0.25, -0.2) is 14.6 Å². The molecule has 1 aromatic carbocycles. The smallest absolute Gasteiger partial charge is 0.255 e. The first-order valence-electron chi connectivity index (χ1n) is 8.27. The Morgan fingerprint density at radius 2 is 2.08 bits per heavy atom. The van der Waals surface area contributed by atoms with Crippen LogP contribution in [0, 0.1) is 6.92 Å². The average molecular weight is 347 g/mol. The van der Waals surface area contributed by atoms with Crippen molar-refractivity contribution in [2.45, 2.75) is 20.4 Å². The van der Waals surface area contributed by atoms with Gasteiger partial charge in [0.1, 0.15) is 11.3 Å². The third-order valence-electron chi connectivity index (χ3n) is 4.16. The summed E-state index contributed by atoms with van der Waals surface area (Å²) in [6, 6.07) is 8.96. The van der Waals surface area contributed by atoms with Crippen LogP contribution in [-0.2, 0) is 6.54 Å². The molecule has 8 heteroatoms. The second-order valence-corrected chi connectivity index (χ2v) is 5.78. The fourth-order valence-electron chi connectivity index (χ4n) is 2.83. The predicted molar refractivity (Wildman–Crippen MR) is 97.3 cm³/mol. The van der Waals surface area contributed by atoms with Gasteiger partial charge in [-0.05, 0) is 44.2 Å². The second-order valence-electron chi connectivity index (χ2n) is 5.78. The van der Waals surface area contributed by atoms with Crippen molar-refractivity contribution in [3.05, 3.63) is 60.3 Å². The maximum Gasteiger partial charge on any atom is 0.255 e. The van der Waals surface area contributed by atoms with Crippen LogP contribution in [0.2, 0.25) is 0 Å². The fraction of sp³-hybridized carbons (Fsp3) is 0.167. The number of aryl methyl sites for hydroxylation is 2. The first-order chi connectivity index (χ1) is 12.7. The van der Waals surface area contributed by atoms with Gasteiger partial charge in [0.25, 0.3) is 5.91 Å². The minimum atomic E-state index is -0.232. The van der Waals surface area contributed by atoms with E-state index in [1.165, 1.54) is 0 Å². The molecule has 0 saturated heterocycles. The van der Waals surface area contributed by atoms with Crippen LogP contribution in [0.25, 0.3) is 16.9 Å². The van der Waals surface area contributed by atoms with Crippen molar-refractivity contribution in [3.8, 4) is 5.82 Å². The fourth-order valence-corrected chi connectivity index (χ4v) is 2.83. The number of benzene rings is 1. The molecule has 0 radical (unpaired) electrons. The minimum Gasteiger partial charge on any atom is -0.319 e. The summed E-state index contributed by atoms with van der Waals surface area (Å²) in [6.07, 6.45) is 5.18. The van der Waals surface area contributed by atoms with E-state index in [0.29, 0.717) is 22.6 Å². The van der Waals surface area contributed by atoms with Gasteiger partial charge in [0.2, 0.25) is 0 Å². The van der Waals surface area contributed by atoms with Crippen LogP contribution >= 0.6 is 0 Å². The maximum atomic E-state index is 12.7. The van der Waals surface area contributed by atoms with Crippen LogP contribution in [0.3, 0.4) is 0 Å². The van der Waals surface area contributed by atoms with Crippen LogP contribution in [-0.4, -0.2) is 35.4 Å². The standard InChI is InChI=1S/C18H17N7O/c1-3-25-16-7-6-13(11-15(16)22-23-25)18(26)21-14-5-4-8-20-17(14)24-10-9-19-12(24)2/h4-11H,3H2,1-2H3,(H,21,26). The van der Waals surface area contributed by atoms with Gasteiger partial charge in [-0.3, -0.25) is 9.36 Å². The van der Waals surface area contributed by atoms with E-state index < -0.39 is 0 Å². The van der Waals surface area contributed by atoms with Gasteiger partial charge in [0.05, 0.1) is 11.2 Å². The highest BCUT2D eigenvalue weighted by atomic mass is 16.1. The third-order valence-corrected chi connectivity index (χ3v) is 4.16. The summed E-state index contributed by atoms with van der Waals surface area (Å²) in [4.78, 5) is 21.3. The molecule has 1 N–H and O–H groups in total. The number of fused-ring (bicyclic) bond motifs is 1. The van der Waals surface area contributed by atoms with Crippen molar-refractivity contribution >= 4 is 22.6 Å². The topological polar surface area (TPSA) is 90.5 Å². The molecule has 0 saturated carbocycles. The zero-order valence-corrected chi connectivity index (χ0v) is 14.4.